The lowest BCUT2D eigenvalue weighted by Crippen LogP contribution is -2.15. The van der Waals surface area contributed by atoms with E-state index in [1.165, 1.54) is 13.0 Å². The van der Waals surface area contributed by atoms with Gasteiger partial charge in [0, 0.05) is 0 Å². The molecule has 1 saturated heterocycles. The van der Waals surface area contributed by atoms with Gasteiger partial charge in [-0.3, -0.25) is 0 Å². The van der Waals surface area contributed by atoms with E-state index in [1.807, 2.05) is 0 Å². The molecule has 0 aliphatic carbocycles. The molecular weight excluding hydrogens is 225 g/mol. The summed E-state index contributed by atoms with van der Waals surface area (Å²) in [5.41, 5.74) is 0. The summed E-state index contributed by atoms with van der Waals surface area (Å²) in [5, 5.41) is 3.44. The molecule has 2 unspecified atom stereocenters. The second kappa shape index (κ2) is 3.19. The molecule has 1 fully saturated rings. The maximum absolute atomic E-state index is 3.44. The maximum atomic E-state index is 3.44. The molecule has 0 amide bonds. The van der Waals surface area contributed by atoms with E-state index >= 15 is 0 Å². The lowest BCUT2D eigenvalue weighted by molar-refractivity contribution is 0.418. The summed E-state index contributed by atoms with van der Waals surface area (Å²) in [6, 6.07) is 0. The molecule has 0 bridgehead atoms. The Morgan fingerprint density at radius 3 is 2.44 bits per heavy atom. The zero-order chi connectivity index (χ0) is 6.85. The highest BCUT2D eigenvalue weighted by molar-refractivity contribution is 14.1. The van der Waals surface area contributed by atoms with Crippen molar-refractivity contribution in [2.45, 2.75) is 24.3 Å². The molecule has 0 aromatic heterocycles. The van der Waals surface area contributed by atoms with Crippen LogP contribution in [0.5, 0.6) is 0 Å². The lowest BCUT2D eigenvalue weighted by atomic mass is 9.96. The van der Waals surface area contributed by atoms with E-state index in [9.17, 15) is 0 Å². The SMILES string of the molecule is CC(C)C1CNC(I)C1. The van der Waals surface area contributed by atoms with E-state index < -0.39 is 0 Å². The Morgan fingerprint density at radius 2 is 2.22 bits per heavy atom. The minimum Gasteiger partial charge on any atom is -0.305 e. The molecule has 1 aliphatic heterocycles. The van der Waals surface area contributed by atoms with Gasteiger partial charge in [-0.05, 0) is 24.8 Å². The van der Waals surface area contributed by atoms with E-state index in [2.05, 4.69) is 41.8 Å². The summed E-state index contributed by atoms with van der Waals surface area (Å²) < 4.78 is 0.731. The summed E-state index contributed by atoms with van der Waals surface area (Å²) in [4.78, 5) is 0. The van der Waals surface area contributed by atoms with Gasteiger partial charge in [0.05, 0.1) is 4.05 Å². The van der Waals surface area contributed by atoms with Gasteiger partial charge >= 0.3 is 0 Å². The predicted molar refractivity (Wildman–Crippen MR) is 48.8 cm³/mol. The highest BCUT2D eigenvalue weighted by atomic mass is 127. The van der Waals surface area contributed by atoms with Crippen molar-refractivity contribution in [1.82, 2.24) is 5.32 Å². The lowest BCUT2D eigenvalue weighted by Gasteiger charge is -2.10. The number of hydrogen-bond acceptors (Lipinski definition) is 1. The van der Waals surface area contributed by atoms with Crippen LogP contribution in [0.15, 0.2) is 0 Å². The molecule has 1 N–H and O–H groups in total. The first-order valence-electron chi connectivity index (χ1n) is 3.57. The topological polar surface area (TPSA) is 12.0 Å². The third-order valence-electron chi connectivity index (χ3n) is 2.05. The number of hydrogen-bond donors (Lipinski definition) is 1. The third kappa shape index (κ3) is 2.08. The molecule has 0 radical (unpaired) electrons. The normalized spacial score (nSPS) is 36.0. The van der Waals surface area contributed by atoms with Crippen molar-refractivity contribution < 1.29 is 0 Å². The molecule has 1 heterocycles. The van der Waals surface area contributed by atoms with Crippen molar-refractivity contribution in [3.8, 4) is 0 Å². The van der Waals surface area contributed by atoms with Gasteiger partial charge in [-0.15, -0.1) is 0 Å². The Kier molecular flexibility index (Phi) is 2.76. The van der Waals surface area contributed by atoms with Crippen molar-refractivity contribution >= 4 is 22.6 Å². The van der Waals surface area contributed by atoms with E-state index in [0.29, 0.717) is 0 Å². The number of alkyl halides is 1. The molecule has 1 aliphatic rings. The first-order chi connectivity index (χ1) is 4.20. The standard InChI is InChI=1S/C7H14IN/c1-5(2)6-3-7(8)9-4-6/h5-7,9H,3-4H2,1-2H3. The van der Waals surface area contributed by atoms with Gasteiger partial charge in [-0.1, -0.05) is 36.4 Å². The quantitative estimate of drug-likeness (QED) is 0.419. The van der Waals surface area contributed by atoms with Crippen LogP contribution in [-0.2, 0) is 0 Å². The highest BCUT2D eigenvalue weighted by Crippen LogP contribution is 2.24. The third-order valence-corrected chi connectivity index (χ3v) is 3.00. The van der Waals surface area contributed by atoms with Crippen LogP contribution in [0, 0.1) is 11.8 Å². The molecule has 2 atom stereocenters. The van der Waals surface area contributed by atoms with Gasteiger partial charge in [0.1, 0.15) is 0 Å². The molecule has 0 aromatic rings. The van der Waals surface area contributed by atoms with Gasteiger partial charge in [0.2, 0.25) is 0 Å². The zero-order valence-electron chi connectivity index (χ0n) is 6.02. The average molecular weight is 239 g/mol. The maximum Gasteiger partial charge on any atom is 0.0596 e. The molecular formula is C7H14IN. The van der Waals surface area contributed by atoms with E-state index in [-0.39, 0.29) is 0 Å². The molecule has 1 rings (SSSR count). The van der Waals surface area contributed by atoms with Gasteiger partial charge in [0.25, 0.3) is 0 Å². The Bertz CT molecular complexity index is 92.9. The molecule has 0 aromatic carbocycles. The Hall–Kier alpha value is 0.690. The van der Waals surface area contributed by atoms with Crippen LogP contribution in [0.4, 0.5) is 0 Å². The zero-order valence-corrected chi connectivity index (χ0v) is 8.18. The Labute approximate surface area is 70.7 Å². The highest BCUT2D eigenvalue weighted by Gasteiger charge is 2.23. The first kappa shape index (κ1) is 7.79. The average Bonchev–Trinajstić information content (AvgIpc) is 2.14. The fourth-order valence-corrected chi connectivity index (χ4v) is 2.13. The summed E-state index contributed by atoms with van der Waals surface area (Å²) in [5.74, 6) is 1.78. The van der Waals surface area contributed by atoms with Crippen LogP contribution < -0.4 is 5.32 Å². The smallest absolute Gasteiger partial charge is 0.0596 e. The van der Waals surface area contributed by atoms with Gasteiger partial charge < -0.3 is 5.32 Å². The van der Waals surface area contributed by atoms with Crippen LogP contribution in [0.1, 0.15) is 20.3 Å². The van der Waals surface area contributed by atoms with Crippen LogP contribution in [0.2, 0.25) is 0 Å². The van der Waals surface area contributed by atoms with E-state index in [4.69, 9.17) is 0 Å². The Morgan fingerprint density at radius 1 is 1.56 bits per heavy atom. The van der Waals surface area contributed by atoms with Crippen LogP contribution in [0.3, 0.4) is 0 Å². The summed E-state index contributed by atoms with van der Waals surface area (Å²) in [7, 11) is 0. The van der Waals surface area contributed by atoms with Crippen molar-refractivity contribution in [2.75, 3.05) is 6.54 Å². The molecule has 0 spiro atoms. The van der Waals surface area contributed by atoms with Gasteiger partial charge in [-0.2, -0.15) is 0 Å². The van der Waals surface area contributed by atoms with Gasteiger partial charge in [-0.25, -0.2) is 0 Å². The number of halogens is 1. The summed E-state index contributed by atoms with van der Waals surface area (Å²) in [6.07, 6.45) is 1.36. The molecule has 54 valence electrons. The second-order valence-corrected chi connectivity index (χ2v) is 4.62. The predicted octanol–water partition coefficient (Wildman–Crippen LogP) is 2.01. The molecule has 0 saturated carbocycles. The van der Waals surface area contributed by atoms with Gasteiger partial charge in [0.15, 0.2) is 0 Å². The summed E-state index contributed by atoms with van der Waals surface area (Å²) in [6.45, 7) is 5.84. The van der Waals surface area contributed by atoms with Crippen LogP contribution >= 0.6 is 22.6 Å². The molecule has 1 nitrogen and oxygen atoms in total. The fourth-order valence-electron chi connectivity index (χ4n) is 1.22. The van der Waals surface area contributed by atoms with Crippen molar-refractivity contribution in [2.24, 2.45) is 11.8 Å². The van der Waals surface area contributed by atoms with Crippen molar-refractivity contribution in [3.63, 3.8) is 0 Å². The van der Waals surface area contributed by atoms with Crippen molar-refractivity contribution in [3.05, 3.63) is 0 Å². The minimum absolute atomic E-state index is 0.731. The van der Waals surface area contributed by atoms with Crippen LogP contribution in [0.25, 0.3) is 0 Å². The first-order valence-corrected chi connectivity index (χ1v) is 4.82. The molecule has 2 heteroatoms. The summed E-state index contributed by atoms with van der Waals surface area (Å²) >= 11 is 2.47. The van der Waals surface area contributed by atoms with Crippen LogP contribution in [-0.4, -0.2) is 10.6 Å². The number of nitrogens with one attached hydrogen (secondary N) is 1. The van der Waals surface area contributed by atoms with E-state index in [0.717, 1.165) is 15.9 Å². The largest absolute Gasteiger partial charge is 0.305 e. The Balaban J connectivity index is 2.30. The second-order valence-electron chi connectivity index (χ2n) is 3.12. The minimum atomic E-state index is 0.731. The number of rotatable bonds is 1. The van der Waals surface area contributed by atoms with E-state index in [1.54, 1.807) is 0 Å². The monoisotopic (exact) mass is 239 g/mol. The fraction of sp³-hybridized carbons (Fsp3) is 1.00. The van der Waals surface area contributed by atoms with Crippen molar-refractivity contribution in [1.29, 1.82) is 0 Å². The molecule has 9 heavy (non-hydrogen) atoms.